The average molecular weight is 260 g/mol. The van der Waals surface area contributed by atoms with Gasteiger partial charge in [-0.05, 0) is 6.42 Å². The molecule has 0 spiro atoms. The number of rotatable bonds is 7. The number of hydrogen-bond acceptors (Lipinski definition) is 6. The lowest BCUT2D eigenvalue weighted by molar-refractivity contribution is -0.705. The summed E-state index contributed by atoms with van der Waals surface area (Å²) in [6.45, 7) is -0.0749. The van der Waals surface area contributed by atoms with E-state index in [1.807, 2.05) is 0 Å². The van der Waals surface area contributed by atoms with Gasteiger partial charge in [-0.1, -0.05) is 0 Å². The summed E-state index contributed by atoms with van der Waals surface area (Å²) in [6, 6.07) is 0. The normalized spacial score (nSPS) is 16.3. The number of hydrazine groups is 1. The van der Waals surface area contributed by atoms with Crippen LogP contribution >= 0.6 is 0 Å². The fraction of sp³-hybridized carbons (Fsp3) is 0.778. The van der Waals surface area contributed by atoms with E-state index in [4.69, 9.17) is 5.11 Å². The van der Waals surface area contributed by atoms with Crippen LogP contribution in [-0.4, -0.2) is 58.7 Å². The van der Waals surface area contributed by atoms with Crippen LogP contribution in [0.3, 0.4) is 0 Å². The van der Waals surface area contributed by atoms with Gasteiger partial charge in [-0.15, -0.1) is 5.01 Å². The Balaban J connectivity index is 2.35. The largest absolute Gasteiger partial charge is 0.569 e. The summed E-state index contributed by atoms with van der Waals surface area (Å²) >= 11 is 0. The molecule has 1 saturated heterocycles. The molecule has 2 amide bonds. The Bertz CT molecular complexity index is 330. The van der Waals surface area contributed by atoms with Crippen LogP contribution in [0.1, 0.15) is 19.3 Å². The number of nitrogens with zero attached hydrogens (tertiary/aromatic N) is 4. The molecule has 9 nitrogen and oxygen atoms in total. The van der Waals surface area contributed by atoms with Crippen LogP contribution in [0.4, 0.5) is 0 Å². The topological polar surface area (TPSA) is 109 Å². The van der Waals surface area contributed by atoms with Crippen molar-refractivity contribution >= 4 is 11.8 Å². The molecular formula is C9H16N4O5. The molecular weight excluding hydrogens is 244 g/mol. The van der Waals surface area contributed by atoms with Crippen LogP contribution in [0.5, 0.6) is 0 Å². The van der Waals surface area contributed by atoms with Crippen molar-refractivity contribution in [1.82, 2.24) is 9.91 Å². The molecule has 9 heteroatoms. The molecule has 1 heterocycles. The van der Waals surface area contributed by atoms with E-state index < -0.39 is 0 Å². The number of carbonyl (C=O) groups excluding carboxylic acids is 2. The standard InChI is InChI=1S/C9H16N4O5/c1-11(5-2-6-14)13(17)10-18-7-12-8(15)3-4-9(12)16/h14H,2-7H2,1H3. The molecule has 18 heavy (non-hydrogen) atoms. The second kappa shape index (κ2) is 6.74. The highest BCUT2D eigenvalue weighted by atomic mass is 16.7. The number of carbonyl (C=O) groups is 2. The third-order valence-electron chi connectivity index (χ3n) is 2.40. The van der Waals surface area contributed by atoms with E-state index in [0.717, 1.165) is 4.90 Å². The molecule has 0 bridgehead atoms. The van der Waals surface area contributed by atoms with Crippen molar-refractivity contribution in [3.63, 3.8) is 0 Å². The first kappa shape index (κ1) is 14.2. The SMILES string of the molecule is CN(CCCO)[N+]([O-])=NOCN1C(=O)CCC1=O. The number of likely N-dealkylation sites (tertiary alicyclic amines) is 1. The molecule has 0 atom stereocenters. The van der Waals surface area contributed by atoms with E-state index in [1.165, 1.54) is 12.1 Å². The quantitative estimate of drug-likeness (QED) is 0.278. The van der Waals surface area contributed by atoms with Gasteiger partial charge in [0.2, 0.25) is 23.8 Å². The molecule has 0 aliphatic carbocycles. The zero-order valence-corrected chi connectivity index (χ0v) is 10.1. The summed E-state index contributed by atoms with van der Waals surface area (Å²) in [4.78, 5) is 28.1. The van der Waals surface area contributed by atoms with Crippen molar-refractivity contribution in [3.05, 3.63) is 5.21 Å². The van der Waals surface area contributed by atoms with Crippen LogP contribution in [0.15, 0.2) is 5.28 Å². The molecule has 0 aromatic carbocycles. The third kappa shape index (κ3) is 3.84. The Morgan fingerprint density at radius 2 is 2.11 bits per heavy atom. The Kier molecular flexibility index (Phi) is 5.31. The molecule has 1 rings (SSSR count). The second-order valence-corrected chi connectivity index (χ2v) is 3.77. The van der Waals surface area contributed by atoms with Crippen LogP contribution in [0.2, 0.25) is 0 Å². The van der Waals surface area contributed by atoms with Gasteiger partial charge >= 0.3 is 0 Å². The number of amides is 2. The van der Waals surface area contributed by atoms with E-state index in [9.17, 15) is 14.8 Å². The predicted octanol–water partition coefficient (Wildman–Crippen LogP) is -0.784. The van der Waals surface area contributed by atoms with E-state index in [-0.39, 0.29) is 43.0 Å². The zero-order chi connectivity index (χ0) is 13.5. The number of aliphatic hydroxyl groups is 1. The smallest absolute Gasteiger partial charge is 0.235 e. The van der Waals surface area contributed by atoms with Gasteiger partial charge < -0.3 is 15.2 Å². The van der Waals surface area contributed by atoms with Gasteiger partial charge in [0.1, 0.15) is 0 Å². The lowest BCUT2D eigenvalue weighted by atomic mass is 10.4. The van der Waals surface area contributed by atoms with Crippen LogP contribution in [0, 0.1) is 5.21 Å². The van der Waals surface area contributed by atoms with Crippen LogP contribution in [-0.2, 0) is 14.4 Å². The maximum Gasteiger partial charge on any atom is 0.235 e. The van der Waals surface area contributed by atoms with Crippen molar-refractivity contribution in [3.8, 4) is 0 Å². The molecule has 0 unspecified atom stereocenters. The van der Waals surface area contributed by atoms with Gasteiger partial charge in [-0.2, -0.15) is 0 Å². The van der Waals surface area contributed by atoms with Crippen molar-refractivity contribution in [2.45, 2.75) is 19.3 Å². The molecule has 0 aromatic heterocycles. The molecule has 1 N–H and O–H groups in total. The summed E-state index contributed by atoms with van der Waals surface area (Å²) in [6.07, 6.45) is 0.757. The summed E-state index contributed by atoms with van der Waals surface area (Å²) in [5, 5.41) is 24.2. The Labute approximate surface area is 104 Å². The Hall–Kier alpha value is -1.90. The fourth-order valence-electron chi connectivity index (χ4n) is 1.35. The van der Waals surface area contributed by atoms with Crippen LogP contribution in [0.25, 0.3) is 0 Å². The highest BCUT2D eigenvalue weighted by Crippen LogP contribution is 2.11. The lowest BCUT2D eigenvalue weighted by Crippen LogP contribution is -2.32. The molecule has 0 aromatic rings. The molecule has 1 aliphatic heterocycles. The fourth-order valence-corrected chi connectivity index (χ4v) is 1.35. The van der Waals surface area contributed by atoms with Gasteiger partial charge in [0.05, 0.1) is 18.6 Å². The number of hydrogen-bond donors (Lipinski definition) is 1. The van der Waals surface area contributed by atoms with Crippen LogP contribution < -0.4 is 0 Å². The van der Waals surface area contributed by atoms with E-state index >= 15 is 0 Å². The molecule has 1 aliphatic rings. The van der Waals surface area contributed by atoms with E-state index in [1.54, 1.807) is 0 Å². The summed E-state index contributed by atoms with van der Waals surface area (Å²) in [5.74, 6) is -0.664. The van der Waals surface area contributed by atoms with Gasteiger partial charge in [0.15, 0.2) is 0 Å². The maximum absolute atomic E-state index is 11.3. The minimum Gasteiger partial charge on any atom is -0.569 e. The van der Waals surface area contributed by atoms with Gasteiger partial charge in [-0.3, -0.25) is 9.59 Å². The zero-order valence-electron chi connectivity index (χ0n) is 10.1. The minimum absolute atomic E-state index is 0.0319. The first-order chi connectivity index (χ1) is 8.56. The highest BCUT2D eigenvalue weighted by molar-refractivity contribution is 6.01. The van der Waals surface area contributed by atoms with Gasteiger partial charge in [-0.25, -0.2) is 4.90 Å². The summed E-state index contributed by atoms with van der Waals surface area (Å²) < 4.78 is 0. The highest BCUT2D eigenvalue weighted by Gasteiger charge is 2.29. The van der Waals surface area contributed by atoms with Crippen molar-refractivity contribution in [2.24, 2.45) is 5.28 Å². The monoisotopic (exact) mass is 260 g/mol. The average Bonchev–Trinajstić information content (AvgIpc) is 2.67. The predicted molar refractivity (Wildman–Crippen MR) is 57.4 cm³/mol. The number of imide groups is 1. The molecule has 102 valence electrons. The first-order valence-electron chi connectivity index (χ1n) is 5.51. The second-order valence-electron chi connectivity index (χ2n) is 3.77. The number of aliphatic hydroxyl groups excluding tert-OH is 1. The van der Waals surface area contributed by atoms with Crippen molar-refractivity contribution < 1.29 is 24.5 Å². The lowest BCUT2D eigenvalue weighted by Gasteiger charge is -2.13. The van der Waals surface area contributed by atoms with Crippen molar-refractivity contribution in [1.29, 1.82) is 0 Å². The van der Waals surface area contributed by atoms with E-state index in [0.29, 0.717) is 13.0 Å². The molecule has 0 saturated carbocycles. The van der Waals surface area contributed by atoms with Gasteiger partial charge in [0, 0.05) is 19.4 Å². The summed E-state index contributed by atoms with van der Waals surface area (Å²) in [5.41, 5.74) is 0. The third-order valence-corrected chi connectivity index (χ3v) is 2.40. The maximum atomic E-state index is 11.3. The molecule has 0 radical (unpaired) electrons. The molecule has 1 fully saturated rings. The first-order valence-corrected chi connectivity index (χ1v) is 5.51. The Morgan fingerprint density at radius 3 is 2.67 bits per heavy atom. The Morgan fingerprint density at radius 1 is 1.50 bits per heavy atom. The van der Waals surface area contributed by atoms with Crippen molar-refractivity contribution in [2.75, 3.05) is 26.9 Å². The van der Waals surface area contributed by atoms with Gasteiger partial charge in [0.25, 0.3) is 0 Å². The minimum atomic E-state index is -0.357. The van der Waals surface area contributed by atoms with E-state index in [2.05, 4.69) is 10.1 Å². The summed E-state index contributed by atoms with van der Waals surface area (Å²) in [7, 11) is 1.47.